The molecule has 0 N–H and O–H groups in total. The van der Waals surface area contributed by atoms with Crippen molar-refractivity contribution < 1.29 is 9.59 Å². The van der Waals surface area contributed by atoms with Crippen molar-refractivity contribution in [2.24, 2.45) is 5.92 Å². The summed E-state index contributed by atoms with van der Waals surface area (Å²) in [6, 6.07) is 0. The molecule has 0 aromatic heterocycles. The Morgan fingerprint density at radius 1 is 1.25 bits per heavy atom. The van der Waals surface area contributed by atoms with Crippen LogP contribution in [0.15, 0.2) is 0 Å². The smallest absolute Gasteiger partial charge is 0.241 e. The summed E-state index contributed by atoms with van der Waals surface area (Å²) in [6.07, 6.45) is 0. The molecule has 0 aliphatic rings. The van der Waals surface area contributed by atoms with Gasteiger partial charge in [-0.15, -0.1) is 0 Å². The van der Waals surface area contributed by atoms with E-state index in [9.17, 15) is 9.59 Å². The van der Waals surface area contributed by atoms with Gasteiger partial charge in [-0.25, -0.2) is 0 Å². The van der Waals surface area contributed by atoms with E-state index in [2.05, 4.69) is 12.6 Å². The zero-order valence-electron chi connectivity index (χ0n) is 10.7. The van der Waals surface area contributed by atoms with Crippen LogP contribution in [0, 0.1) is 5.92 Å². The van der Waals surface area contributed by atoms with Crippen molar-refractivity contribution >= 4 is 24.4 Å². The van der Waals surface area contributed by atoms with E-state index < -0.39 is 0 Å². The Bertz CT molecular complexity index is 254. The number of likely N-dealkylation sites (N-methyl/N-ethyl adjacent to an activating group) is 2. The Morgan fingerprint density at radius 3 is 2.06 bits per heavy atom. The van der Waals surface area contributed by atoms with Crippen LogP contribution < -0.4 is 0 Å². The van der Waals surface area contributed by atoms with Crippen LogP contribution in [0.2, 0.25) is 0 Å². The summed E-state index contributed by atoms with van der Waals surface area (Å²) < 4.78 is 0. The quantitative estimate of drug-likeness (QED) is 0.732. The van der Waals surface area contributed by atoms with Crippen molar-refractivity contribution in [3.05, 3.63) is 0 Å². The molecule has 16 heavy (non-hydrogen) atoms. The van der Waals surface area contributed by atoms with Crippen LogP contribution in [0.1, 0.15) is 20.8 Å². The van der Waals surface area contributed by atoms with Crippen LogP contribution in [0.25, 0.3) is 0 Å². The van der Waals surface area contributed by atoms with Gasteiger partial charge in [0.1, 0.15) is 0 Å². The third kappa shape index (κ3) is 4.43. The molecule has 0 aromatic rings. The first-order valence-corrected chi connectivity index (χ1v) is 5.99. The van der Waals surface area contributed by atoms with Crippen molar-refractivity contribution in [1.82, 2.24) is 9.80 Å². The van der Waals surface area contributed by atoms with Crippen molar-refractivity contribution in [3.8, 4) is 0 Å². The van der Waals surface area contributed by atoms with Gasteiger partial charge in [0.05, 0.1) is 11.8 Å². The van der Waals surface area contributed by atoms with E-state index in [0.717, 1.165) is 0 Å². The molecule has 0 bridgehead atoms. The zero-order chi connectivity index (χ0) is 12.9. The number of rotatable bonds is 5. The Morgan fingerprint density at radius 2 is 1.75 bits per heavy atom. The van der Waals surface area contributed by atoms with E-state index in [4.69, 9.17) is 0 Å². The molecule has 1 atom stereocenters. The summed E-state index contributed by atoms with van der Waals surface area (Å²) in [6.45, 7) is 6.41. The minimum Gasteiger partial charge on any atom is -0.347 e. The topological polar surface area (TPSA) is 40.6 Å². The van der Waals surface area contributed by atoms with Gasteiger partial charge in [-0.2, -0.15) is 12.6 Å². The summed E-state index contributed by atoms with van der Waals surface area (Å²) in [5, 5.41) is -0.338. The predicted molar refractivity (Wildman–Crippen MR) is 68.6 cm³/mol. The molecule has 0 heterocycles. The van der Waals surface area contributed by atoms with Gasteiger partial charge in [-0.3, -0.25) is 9.59 Å². The highest BCUT2D eigenvalue weighted by Gasteiger charge is 2.24. The van der Waals surface area contributed by atoms with Crippen LogP contribution >= 0.6 is 12.6 Å². The number of carbonyl (C=O) groups is 2. The molecule has 0 aliphatic carbocycles. The lowest BCUT2D eigenvalue weighted by atomic mass is 10.1. The van der Waals surface area contributed by atoms with E-state index in [-0.39, 0.29) is 29.5 Å². The van der Waals surface area contributed by atoms with E-state index in [1.807, 2.05) is 20.8 Å². The molecule has 0 fully saturated rings. The molecule has 0 rings (SSSR count). The first-order chi connectivity index (χ1) is 7.31. The third-order valence-corrected chi connectivity index (χ3v) is 3.22. The van der Waals surface area contributed by atoms with Gasteiger partial charge in [0, 0.05) is 20.6 Å². The standard InChI is InChI=1S/C11H22N2O2S/c1-6-13(7-9(14)12(4)5)11(15)10(16)8(2)3/h8,10,16H,6-7H2,1-5H3. The summed E-state index contributed by atoms with van der Waals surface area (Å²) in [5.74, 6) is 0.0230. The Kier molecular flexibility index (Phi) is 6.48. The highest BCUT2D eigenvalue weighted by atomic mass is 32.1. The van der Waals surface area contributed by atoms with Crippen molar-refractivity contribution in [2.45, 2.75) is 26.0 Å². The molecular formula is C11H22N2O2S. The second kappa shape index (κ2) is 6.78. The second-order valence-electron chi connectivity index (χ2n) is 4.33. The number of thiol groups is 1. The molecule has 0 saturated heterocycles. The average Bonchev–Trinajstić information content (AvgIpc) is 2.22. The van der Waals surface area contributed by atoms with Gasteiger partial charge >= 0.3 is 0 Å². The second-order valence-corrected chi connectivity index (χ2v) is 4.89. The molecule has 0 spiro atoms. The lowest BCUT2D eigenvalue weighted by Crippen LogP contribution is -2.44. The lowest BCUT2D eigenvalue weighted by molar-refractivity contribution is -0.139. The monoisotopic (exact) mass is 246 g/mol. The zero-order valence-corrected chi connectivity index (χ0v) is 11.6. The van der Waals surface area contributed by atoms with Crippen LogP contribution in [-0.4, -0.2) is 54.0 Å². The van der Waals surface area contributed by atoms with Crippen LogP contribution in [-0.2, 0) is 9.59 Å². The Hall–Kier alpha value is -0.710. The SMILES string of the molecule is CCN(CC(=O)N(C)C)C(=O)C(S)C(C)C. The molecule has 0 saturated carbocycles. The van der Waals surface area contributed by atoms with E-state index in [0.29, 0.717) is 6.54 Å². The first kappa shape index (κ1) is 15.3. The van der Waals surface area contributed by atoms with Gasteiger partial charge in [0.2, 0.25) is 11.8 Å². The molecule has 94 valence electrons. The van der Waals surface area contributed by atoms with Gasteiger partial charge in [0.15, 0.2) is 0 Å². The fourth-order valence-corrected chi connectivity index (χ4v) is 1.29. The molecular weight excluding hydrogens is 224 g/mol. The highest BCUT2D eigenvalue weighted by Crippen LogP contribution is 2.12. The maximum atomic E-state index is 12.0. The number of hydrogen-bond donors (Lipinski definition) is 1. The van der Waals surface area contributed by atoms with Crippen molar-refractivity contribution in [1.29, 1.82) is 0 Å². The largest absolute Gasteiger partial charge is 0.347 e. The minimum absolute atomic E-state index is 0.0699. The summed E-state index contributed by atoms with van der Waals surface area (Å²) in [4.78, 5) is 26.5. The Labute approximate surface area is 103 Å². The fourth-order valence-electron chi connectivity index (χ4n) is 1.12. The molecule has 5 heteroatoms. The summed E-state index contributed by atoms with van der Waals surface area (Å²) in [5.41, 5.74) is 0. The third-order valence-electron chi connectivity index (χ3n) is 2.40. The number of amides is 2. The fraction of sp³-hybridized carbons (Fsp3) is 0.818. The van der Waals surface area contributed by atoms with Gasteiger partial charge in [-0.1, -0.05) is 13.8 Å². The van der Waals surface area contributed by atoms with E-state index >= 15 is 0 Å². The lowest BCUT2D eigenvalue weighted by Gasteiger charge is -2.26. The number of nitrogens with zero attached hydrogens (tertiary/aromatic N) is 2. The van der Waals surface area contributed by atoms with Crippen molar-refractivity contribution in [2.75, 3.05) is 27.2 Å². The summed E-state index contributed by atoms with van der Waals surface area (Å²) >= 11 is 4.27. The highest BCUT2D eigenvalue weighted by molar-refractivity contribution is 7.81. The average molecular weight is 246 g/mol. The van der Waals surface area contributed by atoms with Gasteiger partial charge in [0.25, 0.3) is 0 Å². The molecule has 1 unspecified atom stereocenters. The molecule has 2 amide bonds. The van der Waals surface area contributed by atoms with Crippen LogP contribution in [0.3, 0.4) is 0 Å². The maximum absolute atomic E-state index is 12.0. The van der Waals surface area contributed by atoms with Crippen LogP contribution in [0.5, 0.6) is 0 Å². The normalized spacial score (nSPS) is 12.4. The number of carbonyl (C=O) groups excluding carboxylic acids is 2. The number of hydrogen-bond acceptors (Lipinski definition) is 3. The van der Waals surface area contributed by atoms with Gasteiger partial charge < -0.3 is 9.80 Å². The predicted octanol–water partition coefficient (Wildman–Crippen LogP) is 0.878. The minimum atomic E-state index is -0.338. The van der Waals surface area contributed by atoms with Gasteiger partial charge in [-0.05, 0) is 12.8 Å². The molecule has 4 nitrogen and oxygen atoms in total. The molecule has 0 aromatic carbocycles. The van der Waals surface area contributed by atoms with E-state index in [1.165, 1.54) is 4.90 Å². The summed E-state index contributed by atoms with van der Waals surface area (Å²) in [7, 11) is 3.36. The van der Waals surface area contributed by atoms with Crippen molar-refractivity contribution in [3.63, 3.8) is 0 Å². The van der Waals surface area contributed by atoms with E-state index in [1.54, 1.807) is 19.0 Å². The van der Waals surface area contributed by atoms with Crippen LogP contribution in [0.4, 0.5) is 0 Å². The maximum Gasteiger partial charge on any atom is 0.241 e. The Balaban J connectivity index is 4.50. The molecule has 0 aliphatic heterocycles. The first-order valence-electron chi connectivity index (χ1n) is 5.48. The molecule has 0 radical (unpaired) electrons.